The van der Waals surface area contributed by atoms with Gasteiger partial charge in [-0.05, 0) is 63.6 Å². The number of nitrogens with zero attached hydrogens (tertiary/aromatic N) is 1. The van der Waals surface area contributed by atoms with E-state index in [4.69, 9.17) is 4.74 Å². The van der Waals surface area contributed by atoms with Crippen LogP contribution in [0.3, 0.4) is 0 Å². The van der Waals surface area contributed by atoms with Gasteiger partial charge in [-0.15, -0.1) is 0 Å². The summed E-state index contributed by atoms with van der Waals surface area (Å²) in [6.45, 7) is 9.14. The van der Waals surface area contributed by atoms with Crippen molar-refractivity contribution in [3.8, 4) is 0 Å². The molecule has 0 aliphatic heterocycles. The zero-order chi connectivity index (χ0) is 25.6. The lowest BCUT2D eigenvalue weighted by Gasteiger charge is -2.35. The van der Waals surface area contributed by atoms with Gasteiger partial charge in [0.15, 0.2) is 0 Å². The molecule has 1 aromatic carbocycles. The molecule has 0 aromatic heterocycles. The summed E-state index contributed by atoms with van der Waals surface area (Å²) in [7, 11) is 0. The number of rotatable bonds is 9. The molecule has 0 saturated heterocycles. The number of carbonyl (C=O) groups is 3. The maximum Gasteiger partial charge on any atom is 0.408 e. The van der Waals surface area contributed by atoms with Crippen LogP contribution in [0.5, 0.6) is 0 Å². The lowest BCUT2D eigenvalue weighted by Crippen LogP contribution is -2.55. The molecule has 7 nitrogen and oxygen atoms in total. The van der Waals surface area contributed by atoms with Gasteiger partial charge in [0.2, 0.25) is 11.8 Å². The minimum Gasteiger partial charge on any atom is -0.444 e. The van der Waals surface area contributed by atoms with Crippen molar-refractivity contribution in [2.45, 2.75) is 95.5 Å². The van der Waals surface area contributed by atoms with Gasteiger partial charge in [-0.25, -0.2) is 4.79 Å². The van der Waals surface area contributed by atoms with Crippen LogP contribution in [0.15, 0.2) is 30.8 Å². The molecule has 2 unspecified atom stereocenters. The van der Waals surface area contributed by atoms with Crippen molar-refractivity contribution in [2.75, 3.05) is 5.75 Å². The average Bonchev–Trinajstić information content (AvgIpc) is 3.65. The number of nitrogens with one attached hydrogen (secondary N) is 2. The first-order valence-electron chi connectivity index (χ1n) is 12.6. The molecule has 0 radical (unpaired) electrons. The highest BCUT2D eigenvalue weighted by atomic mass is 32.1. The minimum absolute atomic E-state index is 0.0696. The minimum atomic E-state index is -0.915. The highest BCUT2D eigenvalue weighted by Gasteiger charge is 2.44. The smallest absolute Gasteiger partial charge is 0.408 e. The summed E-state index contributed by atoms with van der Waals surface area (Å²) < 4.78 is 5.35. The molecular weight excluding hydrogens is 462 g/mol. The van der Waals surface area contributed by atoms with Crippen molar-refractivity contribution in [3.05, 3.63) is 42.0 Å². The summed E-state index contributed by atoms with van der Waals surface area (Å²) in [5, 5.41) is 5.87. The van der Waals surface area contributed by atoms with Crippen LogP contribution >= 0.6 is 12.6 Å². The largest absolute Gasteiger partial charge is 0.444 e. The highest BCUT2D eigenvalue weighted by Crippen LogP contribution is 2.36. The first-order chi connectivity index (χ1) is 16.6. The van der Waals surface area contributed by atoms with E-state index in [1.807, 2.05) is 24.3 Å². The summed E-state index contributed by atoms with van der Waals surface area (Å²) >= 11 is 4.34. The molecule has 2 aliphatic carbocycles. The second-order valence-electron chi connectivity index (χ2n) is 10.5. The van der Waals surface area contributed by atoms with Gasteiger partial charge in [-0.1, -0.05) is 50.1 Å². The number of hydrogen-bond acceptors (Lipinski definition) is 5. The van der Waals surface area contributed by atoms with Gasteiger partial charge in [0.25, 0.3) is 0 Å². The quantitative estimate of drug-likeness (QED) is 0.431. The third-order valence-corrected chi connectivity index (χ3v) is 6.67. The zero-order valence-electron chi connectivity index (χ0n) is 21.1. The van der Waals surface area contributed by atoms with Gasteiger partial charge in [-0.3, -0.25) is 9.59 Å². The first-order valence-corrected chi connectivity index (χ1v) is 13.2. The number of carbonyl (C=O) groups excluding carboxylic acids is 3. The molecule has 1 aromatic rings. The van der Waals surface area contributed by atoms with E-state index in [9.17, 15) is 14.4 Å². The van der Waals surface area contributed by atoms with Crippen LogP contribution in [0, 0.1) is 0 Å². The van der Waals surface area contributed by atoms with Crippen molar-refractivity contribution in [1.29, 1.82) is 0 Å². The molecule has 0 spiro atoms. The second-order valence-corrected chi connectivity index (χ2v) is 10.8. The van der Waals surface area contributed by atoms with E-state index in [1.165, 1.54) is 6.42 Å². The fourth-order valence-electron chi connectivity index (χ4n) is 4.51. The molecular formula is C27H39N3O4S. The molecule has 3 rings (SSSR count). The maximum atomic E-state index is 13.8. The Bertz CT molecular complexity index is 919. The number of benzene rings is 1. The molecule has 2 saturated carbocycles. The van der Waals surface area contributed by atoms with E-state index in [1.54, 1.807) is 31.7 Å². The Morgan fingerprint density at radius 2 is 1.86 bits per heavy atom. The SMILES string of the molecule is C=Cc1cccc(C(C(=O)NC2CCCCC2)N(C(=O)C(CS)NC(=O)OC(C)(C)C)C2CC2)c1. The van der Waals surface area contributed by atoms with Crippen LogP contribution in [0.1, 0.15) is 82.9 Å². The normalized spacial score (nSPS) is 18.2. The maximum absolute atomic E-state index is 13.8. The summed E-state index contributed by atoms with van der Waals surface area (Å²) in [6, 6.07) is 5.88. The predicted octanol–water partition coefficient (Wildman–Crippen LogP) is 4.63. The Labute approximate surface area is 214 Å². The Balaban J connectivity index is 1.91. The molecule has 2 aliphatic rings. The average molecular weight is 502 g/mol. The van der Waals surface area contributed by atoms with E-state index in [0.717, 1.165) is 49.7 Å². The van der Waals surface area contributed by atoms with Gasteiger partial charge in [0.05, 0.1) is 0 Å². The molecule has 0 heterocycles. The molecule has 192 valence electrons. The third-order valence-electron chi connectivity index (χ3n) is 6.31. The summed E-state index contributed by atoms with van der Waals surface area (Å²) in [5.74, 6) is -0.431. The number of hydrogen-bond donors (Lipinski definition) is 3. The van der Waals surface area contributed by atoms with Gasteiger partial charge in [0.1, 0.15) is 17.7 Å². The monoisotopic (exact) mass is 501 g/mol. The first kappa shape index (κ1) is 27.1. The van der Waals surface area contributed by atoms with Crippen molar-refractivity contribution in [2.24, 2.45) is 0 Å². The summed E-state index contributed by atoms with van der Waals surface area (Å²) in [4.78, 5) is 41.7. The Kier molecular flexibility index (Phi) is 9.27. The van der Waals surface area contributed by atoms with Crippen molar-refractivity contribution < 1.29 is 19.1 Å². The van der Waals surface area contributed by atoms with Gasteiger partial charge in [-0.2, -0.15) is 12.6 Å². The third kappa shape index (κ3) is 7.75. The summed E-state index contributed by atoms with van der Waals surface area (Å²) in [5.41, 5.74) is 0.905. The van der Waals surface area contributed by atoms with E-state index in [-0.39, 0.29) is 29.7 Å². The Hall–Kier alpha value is -2.48. The van der Waals surface area contributed by atoms with Crippen LogP contribution in [0.4, 0.5) is 4.79 Å². The molecule has 2 N–H and O–H groups in total. The van der Waals surface area contributed by atoms with Crippen LogP contribution in [0.2, 0.25) is 0 Å². The Morgan fingerprint density at radius 3 is 2.43 bits per heavy atom. The van der Waals surface area contributed by atoms with E-state index in [0.29, 0.717) is 0 Å². The van der Waals surface area contributed by atoms with Gasteiger partial charge in [0, 0.05) is 17.8 Å². The molecule has 8 heteroatoms. The molecule has 35 heavy (non-hydrogen) atoms. The molecule has 2 fully saturated rings. The highest BCUT2D eigenvalue weighted by molar-refractivity contribution is 7.80. The van der Waals surface area contributed by atoms with Crippen LogP contribution < -0.4 is 10.6 Å². The number of amides is 3. The standard InChI is InChI=1S/C27H39N3O4S/c1-5-18-10-9-11-19(16-18)23(24(31)28-20-12-7-6-8-13-20)30(21-14-15-21)25(32)22(17-35)29-26(33)34-27(2,3)4/h5,9-11,16,20-23,35H,1,6-8,12-15,17H2,2-4H3,(H,28,31)(H,29,33). The predicted molar refractivity (Wildman–Crippen MR) is 141 cm³/mol. The van der Waals surface area contributed by atoms with Crippen molar-refractivity contribution in [1.82, 2.24) is 15.5 Å². The lowest BCUT2D eigenvalue weighted by atomic mass is 9.94. The summed E-state index contributed by atoms with van der Waals surface area (Å²) in [6.07, 6.45) is 7.93. The molecule has 0 bridgehead atoms. The Morgan fingerprint density at radius 1 is 1.17 bits per heavy atom. The van der Waals surface area contributed by atoms with Crippen LogP contribution in [0.25, 0.3) is 6.08 Å². The molecule has 3 amide bonds. The molecule has 2 atom stereocenters. The number of thiol groups is 1. The van der Waals surface area contributed by atoms with Gasteiger partial charge < -0.3 is 20.3 Å². The number of alkyl carbamates (subject to hydrolysis) is 1. The van der Waals surface area contributed by atoms with Crippen LogP contribution in [-0.4, -0.2) is 52.3 Å². The topological polar surface area (TPSA) is 87.7 Å². The lowest BCUT2D eigenvalue weighted by molar-refractivity contribution is -0.143. The van der Waals surface area contributed by atoms with Crippen molar-refractivity contribution >= 4 is 36.6 Å². The number of ether oxygens (including phenoxy) is 1. The van der Waals surface area contributed by atoms with E-state index in [2.05, 4.69) is 29.8 Å². The van der Waals surface area contributed by atoms with Crippen LogP contribution in [-0.2, 0) is 14.3 Å². The van der Waals surface area contributed by atoms with Gasteiger partial charge >= 0.3 is 6.09 Å². The zero-order valence-corrected chi connectivity index (χ0v) is 22.0. The van der Waals surface area contributed by atoms with E-state index < -0.39 is 23.8 Å². The fourth-order valence-corrected chi connectivity index (χ4v) is 4.75. The second kappa shape index (κ2) is 12.0. The fraction of sp³-hybridized carbons (Fsp3) is 0.593. The van der Waals surface area contributed by atoms with E-state index >= 15 is 0 Å². The van der Waals surface area contributed by atoms with Crippen molar-refractivity contribution in [3.63, 3.8) is 0 Å².